The molecule has 0 spiro atoms. The van der Waals surface area contributed by atoms with Crippen molar-refractivity contribution >= 4 is 74.9 Å². The number of rotatable bonds is 4. The van der Waals surface area contributed by atoms with Crippen LogP contribution in [0, 0.1) is 0 Å². The van der Waals surface area contributed by atoms with Crippen molar-refractivity contribution in [1.29, 1.82) is 0 Å². The maximum absolute atomic E-state index is 6.01. The fourth-order valence-corrected chi connectivity index (χ4v) is 3.18. The van der Waals surface area contributed by atoms with Crippen LogP contribution >= 0.6 is 47.0 Å². The Morgan fingerprint density at radius 2 is 1.27 bits per heavy atom. The molecule has 0 saturated carbocycles. The SMILES string of the molecule is S=C(Nc1cc(Cl)cc(Cl)c1)Nc1ccccc1Nc1ccc(Cl)cc1. The van der Waals surface area contributed by atoms with Gasteiger partial charge in [-0.05, 0) is 66.8 Å². The lowest BCUT2D eigenvalue weighted by Crippen LogP contribution is -2.19. The second-order valence-corrected chi connectivity index (χ2v) is 7.13. The van der Waals surface area contributed by atoms with Crippen molar-refractivity contribution in [2.45, 2.75) is 0 Å². The van der Waals surface area contributed by atoms with Crippen molar-refractivity contribution in [3.63, 3.8) is 0 Å². The van der Waals surface area contributed by atoms with Gasteiger partial charge in [-0.25, -0.2) is 0 Å². The zero-order chi connectivity index (χ0) is 18.5. The predicted molar refractivity (Wildman–Crippen MR) is 117 cm³/mol. The smallest absolute Gasteiger partial charge is 0.175 e. The molecule has 132 valence electrons. The highest BCUT2D eigenvalue weighted by Gasteiger charge is 2.06. The first-order chi connectivity index (χ1) is 12.5. The van der Waals surface area contributed by atoms with E-state index in [1.54, 1.807) is 18.2 Å². The molecule has 0 radical (unpaired) electrons. The number of anilines is 4. The van der Waals surface area contributed by atoms with Crippen LogP contribution in [-0.2, 0) is 0 Å². The van der Waals surface area contributed by atoms with Gasteiger partial charge in [0.25, 0.3) is 0 Å². The molecule has 0 fully saturated rings. The van der Waals surface area contributed by atoms with Crippen molar-refractivity contribution in [2.24, 2.45) is 0 Å². The van der Waals surface area contributed by atoms with Gasteiger partial charge < -0.3 is 16.0 Å². The molecule has 3 N–H and O–H groups in total. The van der Waals surface area contributed by atoms with Crippen LogP contribution in [0.3, 0.4) is 0 Å². The van der Waals surface area contributed by atoms with Crippen LogP contribution < -0.4 is 16.0 Å². The highest BCUT2D eigenvalue weighted by Crippen LogP contribution is 2.27. The molecule has 26 heavy (non-hydrogen) atoms. The Hall–Kier alpha value is -1.98. The van der Waals surface area contributed by atoms with Crippen molar-refractivity contribution in [3.05, 3.63) is 81.8 Å². The quantitative estimate of drug-likeness (QED) is 0.388. The first-order valence-corrected chi connectivity index (χ1v) is 9.19. The Kier molecular flexibility index (Phi) is 6.22. The molecule has 0 aromatic heterocycles. The lowest BCUT2D eigenvalue weighted by molar-refractivity contribution is 1.53. The summed E-state index contributed by atoms with van der Waals surface area (Å²) in [5, 5.41) is 11.8. The van der Waals surface area contributed by atoms with E-state index in [1.165, 1.54) is 0 Å². The van der Waals surface area contributed by atoms with Gasteiger partial charge in [0.15, 0.2) is 5.11 Å². The molecule has 0 bridgehead atoms. The Labute approximate surface area is 172 Å². The van der Waals surface area contributed by atoms with E-state index in [0.29, 0.717) is 25.9 Å². The van der Waals surface area contributed by atoms with E-state index in [-0.39, 0.29) is 0 Å². The third-order valence-electron chi connectivity index (χ3n) is 3.42. The molecule has 0 aliphatic rings. The minimum Gasteiger partial charge on any atom is -0.354 e. The van der Waals surface area contributed by atoms with Crippen molar-refractivity contribution < 1.29 is 0 Å². The highest BCUT2D eigenvalue weighted by molar-refractivity contribution is 7.80. The number of para-hydroxylation sites is 2. The third kappa shape index (κ3) is 5.26. The average molecular weight is 423 g/mol. The van der Waals surface area contributed by atoms with E-state index >= 15 is 0 Å². The second-order valence-electron chi connectivity index (χ2n) is 5.41. The van der Waals surface area contributed by atoms with Gasteiger partial charge in [0, 0.05) is 26.4 Å². The topological polar surface area (TPSA) is 36.1 Å². The molecule has 0 amide bonds. The van der Waals surface area contributed by atoms with Crippen molar-refractivity contribution in [2.75, 3.05) is 16.0 Å². The van der Waals surface area contributed by atoms with Crippen LogP contribution in [0.1, 0.15) is 0 Å². The van der Waals surface area contributed by atoms with Crippen molar-refractivity contribution in [3.8, 4) is 0 Å². The van der Waals surface area contributed by atoms with Crippen LogP contribution in [0.2, 0.25) is 15.1 Å². The third-order valence-corrected chi connectivity index (χ3v) is 4.31. The minimum absolute atomic E-state index is 0.425. The molecular weight excluding hydrogens is 409 g/mol. The molecule has 3 rings (SSSR count). The summed E-state index contributed by atoms with van der Waals surface area (Å²) in [4.78, 5) is 0. The van der Waals surface area contributed by atoms with E-state index in [4.69, 9.17) is 47.0 Å². The summed E-state index contributed by atoms with van der Waals surface area (Å²) in [5.74, 6) is 0. The van der Waals surface area contributed by atoms with E-state index < -0.39 is 0 Å². The molecule has 0 aliphatic carbocycles. The predicted octanol–water partition coefficient (Wildman–Crippen LogP) is 7.20. The molecule has 0 unspecified atom stereocenters. The summed E-state index contributed by atoms with van der Waals surface area (Å²) < 4.78 is 0. The molecule has 3 aromatic rings. The maximum atomic E-state index is 6.01. The first-order valence-electron chi connectivity index (χ1n) is 7.65. The lowest BCUT2D eigenvalue weighted by atomic mass is 10.2. The number of benzene rings is 3. The van der Waals surface area contributed by atoms with Gasteiger partial charge in [0.1, 0.15) is 0 Å². The molecule has 0 aliphatic heterocycles. The van der Waals surface area contributed by atoms with Crippen molar-refractivity contribution in [1.82, 2.24) is 0 Å². The van der Waals surface area contributed by atoms with E-state index in [0.717, 1.165) is 17.1 Å². The normalized spacial score (nSPS) is 10.3. The van der Waals surface area contributed by atoms with E-state index in [9.17, 15) is 0 Å². The summed E-state index contributed by atoms with van der Waals surface area (Å²) >= 11 is 23.3. The summed E-state index contributed by atoms with van der Waals surface area (Å²) in [7, 11) is 0. The molecule has 0 saturated heterocycles. The maximum Gasteiger partial charge on any atom is 0.175 e. The van der Waals surface area contributed by atoms with Gasteiger partial charge in [-0.2, -0.15) is 0 Å². The molecule has 0 heterocycles. The summed E-state index contributed by atoms with van der Waals surface area (Å²) in [6.07, 6.45) is 0. The Bertz CT molecular complexity index is 909. The van der Waals surface area contributed by atoms with Gasteiger partial charge in [-0.3, -0.25) is 0 Å². The molecule has 3 aromatic carbocycles. The van der Waals surface area contributed by atoms with Crippen LogP contribution in [0.25, 0.3) is 0 Å². The number of thiocarbonyl (C=S) groups is 1. The van der Waals surface area contributed by atoms with E-state index in [2.05, 4.69) is 16.0 Å². The summed E-state index contributed by atoms with van der Waals surface area (Å²) in [6.45, 7) is 0. The standard InChI is InChI=1S/C19H14Cl3N3S/c20-12-5-7-15(8-6-12)23-17-3-1-2-4-18(17)25-19(26)24-16-10-13(21)9-14(22)11-16/h1-11,23H,(H2,24,25,26). The van der Waals surface area contributed by atoms with Gasteiger partial charge in [0.2, 0.25) is 0 Å². The van der Waals surface area contributed by atoms with E-state index in [1.807, 2.05) is 48.5 Å². The number of hydrogen-bond acceptors (Lipinski definition) is 2. The van der Waals surface area contributed by atoms with Gasteiger partial charge in [-0.15, -0.1) is 0 Å². The highest BCUT2D eigenvalue weighted by atomic mass is 35.5. The van der Waals surface area contributed by atoms with Crippen LogP contribution in [0.15, 0.2) is 66.7 Å². The number of nitrogens with one attached hydrogen (secondary N) is 3. The summed E-state index contributed by atoms with van der Waals surface area (Å²) in [5.41, 5.74) is 3.34. The Balaban J connectivity index is 1.73. The minimum atomic E-state index is 0.425. The lowest BCUT2D eigenvalue weighted by Gasteiger charge is -2.16. The molecule has 0 atom stereocenters. The fourth-order valence-electron chi connectivity index (χ4n) is 2.30. The summed E-state index contributed by atoms with van der Waals surface area (Å²) in [6, 6.07) is 20.4. The van der Waals surface area contributed by atoms with Crippen LogP contribution in [0.5, 0.6) is 0 Å². The van der Waals surface area contributed by atoms with Gasteiger partial charge in [0.05, 0.1) is 11.4 Å². The molecule has 7 heteroatoms. The Morgan fingerprint density at radius 3 is 1.92 bits per heavy atom. The monoisotopic (exact) mass is 421 g/mol. The van der Waals surface area contributed by atoms with Crippen LogP contribution in [-0.4, -0.2) is 5.11 Å². The largest absolute Gasteiger partial charge is 0.354 e. The zero-order valence-electron chi connectivity index (χ0n) is 13.4. The molecular formula is C19H14Cl3N3S. The van der Waals surface area contributed by atoms with Gasteiger partial charge >= 0.3 is 0 Å². The number of halogens is 3. The van der Waals surface area contributed by atoms with Crippen LogP contribution in [0.4, 0.5) is 22.7 Å². The molecule has 3 nitrogen and oxygen atoms in total. The first kappa shape index (κ1) is 18.8. The number of hydrogen-bond donors (Lipinski definition) is 3. The Morgan fingerprint density at radius 1 is 0.654 bits per heavy atom. The zero-order valence-corrected chi connectivity index (χ0v) is 16.5. The fraction of sp³-hybridized carbons (Fsp3) is 0. The van der Waals surface area contributed by atoms with Gasteiger partial charge in [-0.1, -0.05) is 46.9 Å². The average Bonchev–Trinajstić information content (AvgIpc) is 2.57. The second kappa shape index (κ2) is 8.60.